The van der Waals surface area contributed by atoms with Crippen LogP contribution in [0.15, 0.2) is 91.7 Å². The average molecular weight is 261 g/mol. The van der Waals surface area contributed by atoms with Crippen molar-refractivity contribution in [1.29, 1.82) is 0 Å². The van der Waals surface area contributed by atoms with Crippen LogP contribution in [0.5, 0.6) is 0 Å². The Labute approximate surface area is 121 Å². The molecular weight excluding hydrogens is 242 g/mol. The zero-order valence-electron chi connectivity index (χ0n) is 11.8. The van der Waals surface area contributed by atoms with Gasteiger partial charge < -0.3 is 4.90 Å². The van der Waals surface area contributed by atoms with Gasteiger partial charge in [0.25, 0.3) is 0 Å². The van der Waals surface area contributed by atoms with Crippen molar-refractivity contribution < 1.29 is 0 Å². The second kappa shape index (κ2) is 6.58. The summed E-state index contributed by atoms with van der Waals surface area (Å²) in [5.74, 6) is 0. The second-order valence-electron chi connectivity index (χ2n) is 4.56. The first-order valence-electron chi connectivity index (χ1n) is 6.59. The molecule has 2 rings (SSSR count). The predicted molar refractivity (Wildman–Crippen MR) is 88.8 cm³/mol. The van der Waals surface area contributed by atoms with Gasteiger partial charge in [0.05, 0.1) is 0 Å². The molecular formula is C19H19N. The van der Waals surface area contributed by atoms with Gasteiger partial charge in [0.2, 0.25) is 0 Å². The Morgan fingerprint density at radius 3 is 2.15 bits per heavy atom. The Kier molecular flexibility index (Phi) is 4.56. The number of nitrogens with zero attached hydrogens (tertiary/aromatic N) is 1. The Hall–Kier alpha value is -2.54. The zero-order chi connectivity index (χ0) is 14.4. The molecule has 0 radical (unpaired) electrons. The fourth-order valence-electron chi connectivity index (χ4n) is 1.96. The van der Waals surface area contributed by atoms with Crippen LogP contribution in [-0.4, -0.2) is 7.05 Å². The van der Waals surface area contributed by atoms with Crippen LogP contribution in [0.3, 0.4) is 0 Å². The molecule has 1 nitrogen and oxygen atoms in total. The smallest absolute Gasteiger partial charge is 0.0408 e. The van der Waals surface area contributed by atoms with Gasteiger partial charge in [-0.3, -0.25) is 0 Å². The van der Waals surface area contributed by atoms with Gasteiger partial charge in [-0.1, -0.05) is 67.8 Å². The lowest BCUT2D eigenvalue weighted by Crippen LogP contribution is -2.13. The summed E-state index contributed by atoms with van der Waals surface area (Å²) in [6.45, 7) is 7.70. The van der Waals surface area contributed by atoms with Crippen LogP contribution >= 0.6 is 0 Å². The molecule has 2 aromatic rings. The van der Waals surface area contributed by atoms with Crippen molar-refractivity contribution in [2.24, 2.45) is 0 Å². The third-order valence-electron chi connectivity index (χ3n) is 3.22. The van der Waals surface area contributed by atoms with Crippen LogP contribution in [0.25, 0.3) is 11.1 Å². The lowest BCUT2D eigenvalue weighted by molar-refractivity contribution is 1.15. The Bertz CT molecular complexity index is 606. The Morgan fingerprint density at radius 1 is 0.950 bits per heavy atom. The first kappa shape index (κ1) is 13.9. The molecule has 0 amide bonds. The lowest BCUT2D eigenvalue weighted by atomic mass is 10.1. The van der Waals surface area contributed by atoms with E-state index in [0.717, 1.165) is 11.4 Å². The van der Waals surface area contributed by atoms with E-state index < -0.39 is 0 Å². The van der Waals surface area contributed by atoms with E-state index in [1.165, 1.54) is 11.1 Å². The number of hydrogen-bond acceptors (Lipinski definition) is 1. The van der Waals surface area contributed by atoms with Crippen LogP contribution in [0.1, 0.15) is 0 Å². The van der Waals surface area contributed by atoms with E-state index in [4.69, 9.17) is 0 Å². The van der Waals surface area contributed by atoms with E-state index in [0.29, 0.717) is 0 Å². The maximum Gasteiger partial charge on any atom is 0.0408 e. The first-order chi connectivity index (χ1) is 9.72. The molecule has 0 spiro atoms. The molecule has 0 heterocycles. The van der Waals surface area contributed by atoms with Crippen molar-refractivity contribution in [2.45, 2.75) is 0 Å². The van der Waals surface area contributed by atoms with Crippen LogP contribution < -0.4 is 4.90 Å². The molecule has 0 atom stereocenters. The number of likely N-dealkylation sites (N-methyl/N-ethyl adjacent to an activating group) is 1. The summed E-state index contributed by atoms with van der Waals surface area (Å²) in [7, 11) is 2.01. The largest absolute Gasteiger partial charge is 0.345 e. The molecule has 20 heavy (non-hydrogen) atoms. The quantitative estimate of drug-likeness (QED) is 0.681. The number of allylic oxidation sites excluding steroid dienone is 3. The normalized spacial score (nSPS) is 10.4. The van der Waals surface area contributed by atoms with E-state index in [1.807, 2.05) is 25.3 Å². The molecule has 0 saturated heterocycles. The van der Waals surface area contributed by atoms with Gasteiger partial charge in [-0.05, 0) is 29.3 Å². The molecule has 0 N–H and O–H groups in total. The number of hydrogen-bond donors (Lipinski definition) is 0. The van der Waals surface area contributed by atoms with Gasteiger partial charge >= 0.3 is 0 Å². The SMILES string of the molecule is C=C/C=C\C(=C)N(C)c1ccc(-c2ccccc2)cc1. The highest BCUT2D eigenvalue weighted by Gasteiger charge is 2.03. The maximum atomic E-state index is 4.04. The standard InChI is InChI=1S/C19H19N/c1-4-5-9-16(2)20(3)19-14-12-18(13-15-19)17-10-7-6-8-11-17/h4-15H,1-2H2,3H3/b9-5-. The van der Waals surface area contributed by atoms with Crippen molar-refractivity contribution in [2.75, 3.05) is 11.9 Å². The maximum absolute atomic E-state index is 4.04. The summed E-state index contributed by atoms with van der Waals surface area (Å²) in [4.78, 5) is 2.05. The highest BCUT2D eigenvalue weighted by Crippen LogP contribution is 2.24. The third-order valence-corrected chi connectivity index (χ3v) is 3.22. The Morgan fingerprint density at radius 2 is 1.55 bits per heavy atom. The van der Waals surface area contributed by atoms with E-state index >= 15 is 0 Å². The first-order valence-corrected chi connectivity index (χ1v) is 6.59. The van der Waals surface area contributed by atoms with E-state index in [-0.39, 0.29) is 0 Å². The molecule has 0 saturated carbocycles. The summed E-state index contributed by atoms with van der Waals surface area (Å²) in [5, 5.41) is 0. The fourth-order valence-corrected chi connectivity index (χ4v) is 1.96. The van der Waals surface area contributed by atoms with Crippen LogP contribution in [0.4, 0.5) is 5.69 Å². The van der Waals surface area contributed by atoms with Crippen LogP contribution in [0, 0.1) is 0 Å². The summed E-state index contributed by atoms with van der Waals surface area (Å²) in [5.41, 5.74) is 4.49. The number of rotatable bonds is 5. The van der Waals surface area contributed by atoms with E-state index in [1.54, 1.807) is 6.08 Å². The van der Waals surface area contributed by atoms with Crippen molar-refractivity contribution in [3.05, 3.63) is 91.7 Å². The highest BCUT2D eigenvalue weighted by molar-refractivity contribution is 5.67. The molecule has 0 aliphatic rings. The number of benzene rings is 2. The minimum Gasteiger partial charge on any atom is -0.345 e. The topological polar surface area (TPSA) is 3.24 Å². The third kappa shape index (κ3) is 3.27. The monoisotopic (exact) mass is 261 g/mol. The van der Waals surface area contributed by atoms with Gasteiger partial charge in [0, 0.05) is 18.4 Å². The molecule has 0 bridgehead atoms. The summed E-state index contributed by atoms with van der Waals surface area (Å²) < 4.78 is 0. The summed E-state index contributed by atoms with van der Waals surface area (Å²) in [6.07, 6.45) is 5.58. The minimum atomic E-state index is 0.928. The predicted octanol–water partition coefficient (Wildman–Crippen LogP) is 5.05. The van der Waals surface area contributed by atoms with E-state index in [9.17, 15) is 0 Å². The van der Waals surface area contributed by atoms with Gasteiger partial charge in [0.1, 0.15) is 0 Å². The van der Waals surface area contributed by atoms with Crippen molar-refractivity contribution in [1.82, 2.24) is 0 Å². The molecule has 0 aromatic heterocycles. The molecule has 100 valence electrons. The summed E-state index contributed by atoms with van der Waals surface area (Å²) >= 11 is 0. The molecule has 1 heteroatoms. The van der Waals surface area contributed by atoms with Gasteiger partial charge in [-0.25, -0.2) is 0 Å². The van der Waals surface area contributed by atoms with Crippen molar-refractivity contribution in [3.8, 4) is 11.1 Å². The number of anilines is 1. The highest BCUT2D eigenvalue weighted by atomic mass is 15.1. The molecule has 2 aromatic carbocycles. The molecule has 0 fully saturated rings. The second-order valence-corrected chi connectivity index (χ2v) is 4.56. The zero-order valence-corrected chi connectivity index (χ0v) is 11.8. The van der Waals surface area contributed by atoms with Crippen molar-refractivity contribution >= 4 is 5.69 Å². The van der Waals surface area contributed by atoms with Gasteiger partial charge in [-0.2, -0.15) is 0 Å². The average Bonchev–Trinajstić information content (AvgIpc) is 2.53. The van der Waals surface area contributed by atoms with E-state index in [2.05, 4.69) is 66.6 Å². The van der Waals surface area contributed by atoms with Crippen LogP contribution in [0.2, 0.25) is 0 Å². The summed E-state index contributed by atoms with van der Waals surface area (Å²) in [6, 6.07) is 18.8. The molecule has 0 aliphatic heterocycles. The Balaban J connectivity index is 2.18. The fraction of sp³-hybridized carbons (Fsp3) is 0.0526. The minimum absolute atomic E-state index is 0.928. The van der Waals surface area contributed by atoms with Crippen molar-refractivity contribution in [3.63, 3.8) is 0 Å². The van der Waals surface area contributed by atoms with Crippen LogP contribution in [-0.2, 0) is 0 Å². The molecule has 0 aliphatic carbocycles. The van der Waals surface area contributed by atoms with Gasteiger partial charge in [0.15, 0.2) is 0 Å². The van der Waals surface area contributed by atoms with Gasteiger partial charge in [-0.15, -0.1) is 0 Å². The molecule has 0 unspecified atom stereocenters. The lowest BCUT2D eigenvalue weighted by Gasteiger charge is -2.19.